The zero-order valence-corrected chi connectivity index (χ0v) is 19.9. The van der Waals surface area contributed by atoms with E-state index in [0.717, 1.165) is 16.7 Å². The van der Waals surface area contributed by atoms with Gasteiger partial charge in [-0.05, 0) is 46.1 Å². The number of hydrogen-bond acceptors (Lipinski definition) is 3. The number of phenolic OH excluding ortho intramolecular Hbond substituents is 1. The third-order valence-corrected chi connectivity index (χ3v) is 5.47. The van der Waals surface area contributed by atoms with E-state index in [1.165, 1.54) is 6.21 Å². The van der Waals surface area contributed by atoms with Crippen molar-refractivity contribution in [3.8, 4) is 5.75 Å². The number of aryl methyl sites for hydroxylation is 1. The molecule has 0 aromatic heterocycles. The lowest BCUT2D eigenvalue weighted by Gasteiger charge is -2.28. The van der Waals surface area contributed by atoms with Crippen LogP contribution in [0.3, 0.4) is 0 Å². The maximum atomic E-state index is 12.3. The Labute approximate surface area is 189 Å². The maximum Gasteiger partial charge on any atom is 0.240 e. The van der Waals surface area contributed by atoms with Gasteiger partial charge in [-0.3, -0.25) is 4.79 Å². The lowest BCUT2D eigenvalue weighted by molar-refractivity contribution is -0.121. The predicted molar refractivity (Wildman–Crippen MR) is 126 cm³/mol. The molecule has 0 aliphatic carbocycles. The molecule has 2 aromatic rings. The molecule has 162 valence electrons. The molecule has 1 amide bonds. The van der Waals surface area contributed by atoms with Crippen molar-refractivity contribution in [2.45, 2.75) is 65.2 Å². The number of rotatable bonds is 5. The van der Waals surface area contributed by atoms with Crippen LogP contribution >= 0.6 is 23.2 Å². The van der Waals surface area contributed by atoms with Gasteiger partial charge in [0.25, 0.3) is 0 Å². The Balaban J connectivity index is 2.13. The van der Waals surface area contributed by atoms with Gasteiger partial charge in [0.15, 0.2) is 0 Å². The monoisotopic (exact) mass is 448 g/mol. The summed E-state index contributed by atoms with van der Waals surface area (Å²) in [6.45, 7) is 12.4. The van der Waals surface area contributed by atoms with Gasteiger partial charge in [0.2, 0.25) is 5.91 Å². The number of amides is 1. The molecule has 0 aliphatic heterocycles. The lowest BCUT2D eigenvalue weighted by Crippen LogP contribution is -2.20. The van der Waals surface area contributed by atoms with E-state index in [0.29, 0.717) is 27.8 Å². The maximum absolute atomic E-state index is 12.3. The number of nitrogens with zero attached hydrogens (tertiary/aromatic N) is 1. The second-order valence-corrected chi connectivity index (χ2v) is 10.3. The van der Waals surface area contributed by atoms with Crippen molar-refractivity contribution in [1.29, 1.82) is 0 Å². The van der Waals surface area contributed by atoms with Crippen molar-refractivity contribution < 1.29 is 9.90 Å². The van der Waals surface area contributed by atoms with E-state index in [1.54, 1.807) is 18.2 Å². The van der Waals surface area contributed by atoms with E-state index in [1.807, 2.05) is 12.1 Å². The number of hydrogen-bond donors (Lipinski definition) is 2. The van der Waals surface area contributed by atoms with Crippen LogP contribution in [0, 0.1) is 0 Å². The molecule has 0 atom stereocenters. The van der Waals surface area contributed by atoms with Crippen LogP contribution in [0.2, 0.25) is 10.0 Å². The van der Waals surface area contributed by atoms with Gasteiger partial charge in [-0.2, -0.15) is 5.10 Å². The van der Waals surface area contributed by atoms with Crippen LogP contribution in [0.15, 0.2) is 35.4 Å². The molecule has 0 fully saturated rings. The topological polar surface area (TPSA) is 61.7 Å². The molecule has 0 heterocycles. The minimum atomic E-state index is -0.211. The Morgan fingerprint density at radius 3 is 2.00 bits per heavy atom. The minimum Gasteiger partial charge on any atom is -0.507 e. The van der Waals surface area contributed by atoms with Gasteiger partial charge in [-0.25, -0.2) is 5.43 Å². The molecule has 6 heteroatoms. The molecular formula is C24H30Cl2N2O2. The fraction of sp³-hybridized carbons (Fsp3) is 0.417. The summed E-state index contributed by atoms with van der Waals surface area (Å²) in [4.78, 5) is 12.3. The van der Waals surface area contributed by atoms with Gasteiger partial charge in [-0.1, -0.05) is 82.9 Å². The fourth-order valence-corrected chi connectivity index (χ4v) is 3.59. The summed E-state index contributed by atoms with van der Waals surface area (Å²) in [5.41, 5.74) is 5.45. The highest BCUT2D eigenvalue weighted by molar-refractivity contribution is 6.38. The summed E-state index contributed by atoms with van der Waals surface area (Å²) in [5.74, 6) is 0.126. The van der Waals surface area contributed by atoms with Gasteiger partial charge >= 0.3 is 0 Å². The van der Waals surface area contributed by atoms with E-state index >= 15 is 0 Å². The Bertz CT molecular complexity index is 899. The summed E-state index contributed by atoms with van der Waals surface area (Å²) >= 11 is 12.2. The number of hydrazone groups is 1. The zero-order chi connectivity index (χ0) is 22.7. The molecule has 0 bridgehead atoms. The first-order valence-corrected chi connectivity index (χ1v) is 10.7. The predicted octanol–water partition coefficient (Wildman–Crippen LogP) is 6.38. The number of nitrogens with one attached hydrogen (secondary N) is 1. The number of carbonyl (C=O) groups excluding carboxylic acids is 1. The van der Waals surface area contributed by atoms with Crippen LogP contribution in [0.4, 0.5) is 0 Å². The van der Waals surface area contributed by atoms with Gasteiger partial charge in [-0.15, -0.1) is 0 Å². The highest BCUT2D eigenvalue weighted by Gasteiger charge is 2.26. The molecular weight excluding hydrogens is 419 g/mol. The smallest absolute Gasteiger partial charge is 0.240 e. The molecule has 0 radical (unpaired) electrons. The van der Waals surface area contributed by atoms with Crippen molar-refractivity contribution in [2.24, 2.45) is 5.10 Å². The average molecular weight is 449 g/mol. The van der Waals surface area contributed by atoms with Gasteiger partial charge in [0, 0.05) is 12.0 Å². The zero-order valence-electron chi connectivity index (χ0n) is 18.4. The van der Waals surface area contributed by atoms with E-state index in [4.69, 9.17) is 23.2 Å². The molecule has 30 heavy (non-hydrogen) atoms. The molecule has 0 saturated carbocycles. The number of phenols is 1. The van der Waals surface area contributed by atoms with Crippen molar-refractivity contribution in [2.75, 3.05) is 0 Å². The van der Waals surface area contributed by atoms with Crippen LogP contribution in [0.25, 0.3) is 0 Å². The largest absolute Gasteiger partial charge is 0.507 e. The van der Waals surface area contributed by atoms with Crippen LogP contribution in [-0.2, 0) is 22.0 Å². The van der Waals surface area contributed by atoms with Crippen molar-refractivity contribution in [1.82, 2.24) is 5.43 Å². The first-order chi connectivity index (χ1) is 13.8. The van der Waals surface area contributed by atoms with Crippen LogP contribution in [0.1, 0.15) is 70.2 Å². The molecule has 0 spiro atoms. The fourth-order valence-electron chi connectivity index (χ4n) is 3.10. The number of carbonyl (C=O) groups is 1. The molecule has 2 aromatic carbocycles. The van der Waals surface area contributed by atoms with Crippen LogP contribution in [-0.4, -0.2) is 17.2 Å². The Kier molecular flexibility index (Phi) is 7.59. The van der Waals surface area contributed by atoms with Crippen molar-refractivity contribution in [3.63, 3.8) is 0 Å². The molecule has 2 N–H and O–H groups in total. The number of halogens is 2. The lowest BCUT2D eigenvalue weighted by atomic mass is 9.78. The molecule has 0 aliphatic rings. The van der Waals surface area contributed by atoms with Crippen LogP contribution in [0.5, 0.6) is 5.75 Å². The quantitative estimate of drug-likeness (QED) is 0.411. The van der Waals surface area contributed by atoms with E-state index in [9.17, 15) is 9.90 Å². The normalized spacial score (nSPS) is 12.4. The van der Waals surface area contributed by atoms with Gasteiger partial charge in [0.1, 0.15) is 5.75 Å². The van der Waals surface area contributed by atoms with Crippen molar-refractivity contribution >= 4 is 35.3 Å². The Hall–Kier alpha value is -2.04. The first-order valence-electron chi connectivity index (χ1n) is 9.93. The molecule has 0 unspecified atom stereocenters. The summed E-state index contributed by atoms with van der Waals surface area (Å²) in [5, 5.41) is 15.7. The van der Waals surface area contributed by atoms with E-state index in [-0.39, 0.29) is 23.2 Å². The average Bonchev–Trinajstić information content (AvgIpc) is 2.61. The highest BCUT2D eigenvalue weighted by atomic mass is 35.5. The summed E-state index contributed by atoms with van der Waals surface area (Å²) in [6, 6.07) is 9.15. The number of aromatic hydroxyl groups is 1. The Morgan fingerprint density at radius 1 is 1.03 bits per heavy atom. The second kappa shape index (κ2) is 9.40. The van der Waals surface area contributed by atoms with E-state index < -0.39 is 0 Å². The summed E-state index contributed by atoms with van der Waals surface area (Å²) in [6.07, 6.45) is 2.25. The minimum absolute atomic E-state index is 0.207. The summed E-state index contributed by atoms with van der Waals surface area (Å²) < 4.78 is 0. The number of benzene rings is 2. The van der Waals surface area contributed by atoms with Gasteiger partial charge in [0.05, 0.1) is 16.3 Å². The standard InChI is InChI=1S/C24H30Cl2N2O2/c1-23(2,3)17-12-15(13-18(22(17)30)24(4,5)6)10-11-21(29)28-27-14-16-19(25)8-7-9-20(16)26/h7-9,12-14,30H,10-11H2,1-6H3,(H,28,29)/b27-14+. The molecule has 0 saturated heterocycles. The van der Waals surface area contributed by atoms with Crippen LogP contribution < -0.4 is 5.43 Å². The summed E-state index contributed by atoms with van der Waals surface area (Å²) in [7, 11) is 0. The first kappa shape index (κ1) is 24.2. The third kappa shape index (κ3) is 6.23. The van der Waals surface area contributed by atoms with E-state index in [2.05, 4.69) is 52.1 Å². The molecule has 4 nitrogen and oxygen atoms in total. The molecule has 2 rings (SSSR count). The Morgan fingerprint density at radius 2 is 1.53 bits per heavy atom. The van der Waals surface area contributed by atoms with Gasteiger partial charge < -0.3 is 5.11 Å². The second-order valence-electron chi connectivity index (χ2n) is 9.47. The SMILES string of the molecule is CC(C)(C)c1cc(CCC(=O)N/N=C/c2c(Cl)cccc2Cl)cc(C(C)(C)C)c1O. The van der Waals surface area contributed by atoms with Crippen molar-refractivity contribution in [3.05, 3.63) is 62.6 Å². The highest BCUT2D eigenvalue weighted by Crippen LogP contribution is 2.40. The third-order valence-electron chi connectivity index (χ3n) is 4.81.